The van der Waals surface area contributed by atoms with Gasteiger partial charge in [-0.15, -0.1) is 11.3 Å². The molecule has 1 aromatic carbocycles. The van der Waals surface area contributed by atoms with Crippen molar-refractivity contribution in [1.29, 1.82) is 0 Å². The quantitative estimate of drug-likeness (QED) is 0.442. The molecule has 0 bridgehead atoms. The van der Waals surface area contributed by atoms with Crippen LogP contribution in [0, 0.1) is 0 Å². The Balaban J connectivity index is 1.62. The number of benzene rings is 1. The number of nitrogens with two attached hydrogens (primary N) is 1. The van der Waals surface area contributed by atoms with Gasteiger partial charge in [-0.3, -0.25) is 24.0 Å². The lowest BCUT2D eigenvalue weighted by Crippen LogP contribution is -2.45. The molecular formula is C25H34N6O3S. The van der Waals surface area contributed by atoms with Crippen LogP contribution in [0.1, 0.15) is 63.4 Å². The van der Waals surface area contributed by atoms with E-state index < -0.39 is 11.2 Å². The Morgan fingerprint density at radius 1 is 1.23 bits per heavy atom. The number of likely N-dealkylation sites (tertiary alicyclic amines) is 1. The number of amides is 1. The summed E-state index contributed by atoms with van der Waals surface area (Å²) in [5, 5.41) is 1.02. The number of H-pyrrole nitrogens is 1. The van der Waals surface area contributed by atoms with Crippen molar-refractivity contribution in [2.24, 2.45) is 0 Å². The second kappa shape index (κ2) is 11.2. The number of unbranched alkanes of at least 4 members (excludes halogenated alkanes) is 2. The first kappa shape index (κ1) is 25.1. The van der Waals surface area contributed by atoms with Crippen molar-refractivity contribution in [2.75, 3.05) is 30.3 Å². The van der Waals surface area contributed by atoms with E-state index in [0.29, 0.717) is 13.1 Å². The summed E-state index contributed by atoms with van der Waals surface area (Å²) in [4.78, 5) is 49.7. The first-order chi connectivity index (χ1) is 16.9. The number of aromatic amines is 1. The molecular weight excluding hydrogens is 464 g/mol. The van der Waals surface area contributed by atoms with Crippen LogP contribution < -0.4 is 21.9 Å². The van der Waals surface area contributed by atoms with Gasteiger partial charge in [0, 0.05) is 13.1 Å². The van der Waals surface area contributed by atoms with E-state index in [1.165, 1.54) is 9.47 Å². The predicted molar refractivity (Wildman–Crippen MR) is 141 cm³/mol. The van der Waals surface area contributed by atoms with E-state index in [-0.39, 0.29) is 30.0 Å². The van der Waals surface area contributed by atoms with Crippen molar-refractivity contribution >= 4 is 39.0 Å². The van der Waals surface area contributed by atoms with Gasteiger partial charge in [0.25, 0.3) is 5.56 Å². The van der Waals surface area contributed by atoms with Crippen LogP contribution >= 0.6 is 11.3 Å². The molecule has 3 aromatic rings. The van der Waals surface area contributed by atoms with E-state index in [2.05, 4.69) is 16.0 Å². The zero-order valence-corrected chi connectivity index (χ0v) is 21.3. The maximum Gasteiger partial charge on any atom is 0.330 e. The summed E-state index contributed by atoms with van der Waals surface area (Å²) in [6, 6.07) is 8.13. The van der Waals surface area contributed by atoms with Crippen LogP contribution in [0.25, 0.3) is 10.2 Å². The number of para-hydroxylation sites is 1. The molecule has 2 aromatic heterocycles. The Morgan fingerprint density at radius 2 is 2.00 bits per heavy atom. The third-order valence-corrected chi connectivity index (χ3v) is 7.69. The first-order valence-corrected chi connectivity index (χ1v) is 13.3. The standard InChI is InChI=1S/C25H34N6O3S/c1-3-5-14-30(21-22(26)31(15-6-4-2)25(34)28-23(21)33)20(32)16-29-13-9-11-18(29)24-27-17-10-7-8-12-19(17)35-24/h7-8,10,12,18H,3-6,9,11,13-16,26H2,1-2H3,(H,28,33,34)/t18-/m1/s1. The Bertz CT molecular complexity index is 1260. The molecule has 0 saturated carbocycles. The molecule has 0 aliphatic carbocycles. The molecule has 3 N–H and O–H groups in total. The number of rotatable bonds is 10. The number of carbonyl (C=O) groups excluding carboxylic acids is 1. The van der Waals surface area contributed by atoms with Gasteiger partial charge in [-0.1, -0.05) is 38.8 Å². The molecule has 1 aliphatic heterocycles. The molecule has 188 valence electrons. The molecule has 4 rings (SSSR count). The lowest BCUT2D eigenvalue weighted by Gasteiger charge is -2.28. The Morgan fingerprint density at radius 3 is 2.74 bits per heavy atom. The summed E-state index contributed by atoms with van der Waals surface area (Å²) in [5.41, 5.74) is 6.23. The van der Waals surface area contributed by atoms with Crippen molar-refractivity contribution < 1.29 is 4.79 Å². The van der Waals surface area contributed by atoms with Crippen molar-refractivity contribution in [2.45, 2.75) is 65.0 Å². The van der Waals surface area contributed by atoms with Crippen LogP contribution in [-0.2, 0) is 11.3 Å². The largest absolute Gasteiger partial charge is 0.383 e. The van der Waals surface area contributed by atoms with Gasteiger partial charge < -0.3 is 10.6 Å². The second-order valence-corrected chi connectivity index (χ2v) is 10.1. The summed E-state index contributed by atoms with van der Waals surface area (Å²) < 4.78 is 2.51. The fraction of sp³-hybridized carbons (Fsp3) is 0.520. The average molecular weight is 499 g/mol. The highest BCUT2D eigenvalue weighted by Crippen LogP contribution is 2.36. The van der Waals surface area contributed by atoms with Gasteiger partial charge in [-0.25, -0.2) is 9.78 Å². The normalized spacial score (nSPS) is 16.2. The summed E-state index contributed by atoms with van der Waals surface area (Å²) in [6.07, 6.45) is 5.12. The molecule has 1 aliphatic rings. The number of anilines is 2. The van der Waals surface area contributed by atoms with Gasteiger partial charge >= 0.3 is 5.69 Å². The number of thiazole rings is 1. The maximum atomic E-state index is 13.6. The molecule has 1 atom stereocenters. The molecule has 0 radical (unpaired) electrons. The number of nitrogen functional groups attached to an aromatic ring is 1. The molecule has 1 saturated heterocycles. The van der Waals surface area contributed by atoms with E-state index in [1.54, 1.807) is 11.3 Å². The van der Waals surface area contributed by atoms with Crippen LogP contribution in [0.3, 0.4) is 0 Å². The number of nitrogens with zero attached hydrogens (tertiary/aromatic N) is 4. The van der Waals surface area contributed by atoms with Crippen molar-refractivity contribution in [3.8, 4) is 0 Å². The second-order valence-electron chi connectivity index (χ2n) is 9.05. The number of aromatic nitrogens is 3. The molecule has 0 spiro atoms. The van der Waals surface area contributed by atoms with Crippen LogP contribution in [0.5, 0.6) is 0 Å². The van der Waals surface area contributed by atoms with Gasteiger partial charge in [-0.2, -0.15) is 0 Å². The molecule has 0 unspecified atom stereocenters. The van der Waals surface area contributed by atoms with E-state index in [4.69, 9.17) is 10.7 Å². The molecule has 9 nitrogen and oxygen atoms in total. The van der Waals surface area contributed by atoms with Crippen LogP contribution in [0.4, 0.5) is 11.5 Å². The topological polar surface area (TPSA) is 117 Å². The number of hydrogen-bond donors (Lipinski definition) is 2. The lowest BCUT2D eigenvalue weighted by molar-refractivity contribution is -0.120. The molecule has 1 fully saturated rings. The van der Waals surface area contributed by atoms with Crippen LogP contribution in [0.15, 0.2) is 33.9 Å². The van der Waals surface area contributed by atoms with Gasteiger partial charge in [0.05, 0.1) is 22.8 Å². The van der Waals surface area contributed by atoms with Gasteiger partial charge in [0.1, 0.15) is 10.8 Å². The summed E-state index contributed by atoms with van der Waals surface area (Å²) in [7, 11) is 0. The summed E-state index contributed by atoms with van der Waals surface area (Å²) in [6.45, 7) is 5.76. The predicted octanol–water partition coefficient (Wildman–Crippen LogP) is 3.50. The number of hydrogen-bond acceptors (Lipinski definition) is 7. The highest BCUT2D eigenvalue weighted by Gasteiger charge is 2.32. The highest BCUT2D eigenvalue weighted by molar-refractivity contribution is 7.18. The van der Waals surface area contributed by atoms with Gasteiger partial charge in [-0.05, 0) is 44.4 Å². The van der Waals surface area contributed by atoms with Gasteiger partial charge in [0.2, 0.25) is 5.91 Å². The van der Waals surface area contributed by atoms with E-state index in [1.807, 2.05) is 32.0 Å². The SMILES string of the molecule is CCCCN(C(=O)CN1CCC[C@@H]1c1nc2ccccc2s1)c1c(N)n(CCCC)c(=O)[nH]c1=O. The lowest BCUT2D eigenvalue weighted by atomic mass is 10.2. The Kier molecular flexibility index (Phi) is 8.02. The molecule has 35 heavy (non-hydrogen) atoms. The fourth-order valence-corrected chi connectivity index (χ4v) is 5.78. The fourth-order valence-electron chi connectivity index (χ4n) is 4.64. The van der Waals surface area contributed by atoms with E-state index >= 15 is 0 Å². The van der Waals surface area contributed by atoms with E-state index in [9.17, 15) is 14.4 Å². The Hall–Kier alpha value is -2.98. The summed E-state index contributed by atoms with van der Waals surface area (Å²) >= 11 is 1.67. The van der Waals surface area contributed by atoms with Crippen molar-refractivity contribution in [1.82, 2.24) is 19.4 Å². The molecule has 1 amide bonds. The third-order valence-electron chi connectivity index (χ3n) is 6.55. The van der Waals surface area contributed by atoms with Crippen molar-refractivity contribution in [3.05, 3.63) is 50.1 Å². The smallest absolute Gasteiger partial charge is 0.330 e. The molecule has 3 heterocycles. The molecule has 10 heteroatoms. The van der Waals surface area contributed by atoms with Crippen molar-refractivity contribution in [3.63, 3.8) is 0 Å². The van der Waals surface area contributed by atoms with Gasteiger partial charge in [0.15, 0.2) is 5.69 Å². The summed E-state index contributed by atoms with van der Waals surface area (Å²) in [5.74, 6) is -0.134. The highest BCUT2D eigenvalue weighted by atomic mass is 32.1. The monoisotopic (exact) mass is 498 g/mol. The minimum Gasteiger partial charge on any atom is -0.383 e. The zero-order valence-electron chi connectivity index (χ0n) is 20.5. The average Bonchev–Trinajstić information content (AvgIpc) is 3.47. The first-order valence-electron chi connectivity index (χ1n) is 12.5. The zero-order chi connectivity index (χ0) is 24.9. The van der Waals surface area contributed by atoms with E-state index in [0.717, 1.165) is 60.3 Å². The minimum atomic E-state index is -0.617. The Labute approximate surface area is 208 Å². The number of nitrogens with one attached hydrogen (secondary N) is 1. The maximum absolute atomic E-state index is 13.6. The minimum absolute atomic E-state index is 0.0563. The number of fused-ring (bicyclic) bond motifs is 1. The third kappa shape index (κ3) is 5.33. The van der Waals surface area contributed by atoms with Crippen LogP contribution in [0.2, 0.25) is 0 Å². The van der Waals surface area contributed by atoms with Crippen LogP contribution in [-0.4, -0.2) is 45.0 Å². The number of carbonyl (C=O) groups is 1.